The molecule has 0 bridgehead atoms. The third-order valence-corrected chi connectivity index (χ3v) is 11.8. The second kappa shape index (κ2) is 12.5. The van der Waals surface area contributed by atoms with Gasteiger partial charge in [0, 0.05) is 22.2 Å². The maximum Gasteiger partial charge on any atom is 0.151 e. The molecule has 0 aromatic heterocycles. The van der Waals surface area contributed by atoms with Gasteiger partial charge in [-0.2, -0.15) is 0 Å². The van der Waals surface area contributed by atoms with Gasteiger partial charge >= 0.3 is 0 Å². The van der Waals surface area contributed by atoms with E-state index in [0.717, 1.165) is 39.9 Å². The molecule has 0 amide bonds. The van der Waals surface area contributed by atoms with Gasteiger partial charge in [-0.1, -0.05) is 153 Å². The summed E-state index contributed by atoms with van der Waals surface area (Å²) in [6.07, 6.45) is 0. The Kier molecular flexibility index (Phi) is 7.20. The van der Waals surface area contributed by atoms with Crippen LogP contribution in [0.3, 0.4) is 0 Å². The normalized spacial score (nSPS) is 13.4. The van der Waals surface area contributed by atoms with Crippen LogP contribution in [-0.2, 0) is 5.41 Å². The zero-order chi connectivity index (χ0) is 37.4. The number of hydrogen-bond donors (Lipinski definition) is 0. The molecule has 11 rings (SSSR count). The maximum atomic E-state index is 6.63. The van der Waals surface area contributed by atoms with Gasteiger partial charge in [0.15, 0.2) is 11.5 Å². The summed E-state index contributed by atoms with van der Waals surface area (Å²) in [5.41, 5.74) is 13.8. The molecule has 0 atom stereocenters. The summed E-state index contributed by atoms with van der Waals surface area (Å²) in [7, 11) is 0. The van der Waals surface area contributed by atoms with Crippen molar-refractivity contribution < 1.29 is 4.74 Å². The smallest absolute Gasteiger partial charge is 0.151 e. The summed E-state index contributed by atoms with van der Waals surface area (Å²) in [4.78, 5) is 4.82. The lowest BCUT2D eigenvalue weighted by Gasteiger charge is -2.45. The van der Waals surface area contributed by atoms with Crippen LogP contribution in [0.5, 0.6) is 11.5 Å². The summed E-state index contributed by atoms with van der Waals surface area (Å²) >= 11 is 0. The Morgan fingerprint density at radius 3 is 1.82 bits per heavy atom. The number of fused-ring (bicyclic) bond motifs is 7. The maximum absolute atomic E-state index is 6.63. The highest BCUT2D eigenvalue weighted by Gasteiger charge is 2.43. The molecule has 9 aromatic rings. The minimum Gasteiger partial charge on any atom is -0.453 e. The molecule has 0 N–H and O–H groups in total. The van der Waals surface area contributed by atoms with Crippen molar-refractivity contribution in [3.8, 4) is 33.8 Å². The highest BCUT2D eigenvalue weighted by atomic mass is 16.5. The number of benzene rings is 9. The first-order valence-electron chi connectivity index (χ1n) is 19.4. The number of anilines is 6. The summed E-state index contributed by atoms with van der Waals surface area (Å²) in [6.45, 7) is 4.70. The first-order valence-corrected chi connectivity index (χ1v) is 19.4. The van der Waals surface area contributed by atoms with Crippen LogP contribution < -0.4 is 14.5 Å². The van der Waals surface area contributed by atoms with E-state index in [4.69, 9.17) is 4.74 Å². The number of para-hydroxylation sites is 3. The first kappa shape index (κ1) is 32.3. The van der Waals surface area contributed by atoms with Gasteiger partial charge in [0.05, 0.1) is 22.7 Å². The van der Waals surface area contributed by atoms with Crippen LogP contribution >= 0.6 is 0 Å². The van der Waals surface area contributed by atoms with Crippen LogP contribution in [0.4, 0.5) is 34.1 Å². The second-order valence-corrected chi connectivity index (χ2v) is 15.3. The Morgan fingerprint density at radius 2 is 1.05 bits per heavy atom. The van der Waals surface area contributed by atoms with Crippen molar-refractivity contribution in [1.29, 1.82) is 0 Å². The van der Waals surface area contributed by atoms with Crippen LogP contribution in [-0.4, -0.2) is 0 Å². The standard InChI is InChI=1S/C53H38N2O/c1-53(2)45-20-10-11-21-46(45)55-47-22-12-13-23-49(47)56-50-33-32-42(51(53)52(50)55)37-26-30-40(31-27-37)54(39-28-24-36(25-29-39)35-14-4-3-5-15-35)48-34-38-16-6-7-17-41(38)43-18-8-9-19-44(43)48/h3-34H,1-2H3. The van der Waals surface area contributed by atoms with Gasteiger partial charge in [0.25, 0.3) is 0 Å². The average molecular weight is 719 g/mol. The highest BCUT2D eigenvalue weighted by Crippen LogP contribution is 2.61. The van der Waals surface area contributed by atoms with Gasteiger partial charge in [0.2, 0.25) is 0 Å². The minimum absolute atomic E-state index is 0.279. The summed E-state index contributed by atoms with van der Waals surface area (Å²) in [6, 6.07) is 70.1. The monoisotopic (exact) mass is 718 g/mol. The number of nitrogens with zero attached hydrogens (tertiary/aromatic N) is 2. The molecule has 266 valence electrons. The van der Waals surface area contributed by atoms with Gasteiger partial charge in [-0.05, 0) is 104 Å². The first-order chi connectivity index (χ1) is 27.5. The molecule has 0 spiro atoms. The molecule has 3 nitrogen and oxygen atoms in total. The fraction of sp³-hybridized carbons (Fsp3) is 0.0566. The van der Waals surface area contributed by atoms with Crippen LogP contribution in [0.2, 0.25) is 0 Å². The molecule has 9 aromatic carbocycles. The largest absolute Gasteiger partial charge is 0.453 e. The van der Waals surface area contributed by atoms with E-state index in [0.29, 0.717) is 0 Å². The average Bonchev–Trinajstić information content (AvgIpc) is 3.26. The van der Waals surface area contributed by atoms with Crippen molar-refractivity contribution >= 4 is 55.7 Å². The molecule has 56 heavy (non-hydrogen) atoms. The van der Waals surface area contributed by atoms with Gasteiger partial charge < -0.3 is 14.5 Å². The molecule has 2 aliphatic heterocycles. The van der Waals surface area contributed by atoms with E-state index >= 15 is 0 Å². The van der Waals surface area contributed by atoms with Crippen LogP contribution in [0.1, 0.15) is 25.0 Å². The summed E-state index contributed by atoms with van der Waals surface area (Å²) in [5, 5.41) is 4.93. The fourth-order valence-electron chi connectivity index (χ4n) is 9.17. The fourth-order valence-corrected chi connectivity index (χ4v) is 9.17. The number of rotatable bonds is 5. The molecule has 0 aliphatic carbocycles. The zero-order valence-electron chi connectivity index (χ0n) is 31.3. The molecular formula is C53H38N2O. The van der Waals surface area contributed by atoms with E-state index < -0.39 is 0 Å². The third-order valence-electron chi connectivity index (χ3n) is 11.8. The molecular weight excluding hydrogens is 681 g/mol. The van der Waals surface area contributed by atoms with E-state index in [1.165, 1.54) is 60.6 Å². The van der Waals surface area contributed by atoms with Crippen LogP contribution in [0, 0.1) is 0 Å². The van der Waals surface area contributed by atoms with E-state index in [9.17, 15) is 0 Å². The van der Waals surface area contributed by atoms with Crippen molar-refractivity contribution in [3.63, 3.8) is 0 Å². The van der Waals surface area contributed by atoms with Crippen molar-refractivity contribution in [2.24, 2.45) is 0 Å². The van der Waals surface area contributed by atoms with Crippen molar-refractivity contribution in [1.82, 2.24) is 0 Å². The van der Waals surface area contributed by atoms with Gasteiger partial charge in [0.1, 0.15) is 0 Å². The second-order valence-electron chi connectivity index (χ2n) is 15.3. The molecule has 0 saturated carbocycles. The summed E-state index contributed by atoms with van der Waals surface area (Å²) in [5.74, 6) is 1.76. The highest BCUT2D eigenvalue weighted by molar-refractivity contribution is 6.14. The molecule has 3 heteroatoms. The number of ether oxygens (including phenoxy) is 1. The van der Waals surface area contributed by atoms with Gasteiger partial charge in [-0.25, -0.2) is 0 Å². The Hall–Kier alpha value is -7.10. The SMILES string of the molecule is CC1(C)c2ccccc2N2c3ccccc3Oc3ccc(-c4ccc(N(c5ccc(-c6ccccc6)cc5)c5cc6ccccc6c6ccccc56)cc4)c1c32. The molecule has 2 aliphatic rings. The van der Waals surface area contributed by atoms with E-state index in [1.54, 1.807) is 0 Å². The Balaban J connectivity index is 1.08. The van der Waals surface area contributed by atoms with Gasteiger partial charge in [-0.3, -0.25) is 0 Å². The van der Waals surface area contributed by atoms with Crippen LogP contribution in [0.25, 0.3) is 43.8 Å². The van der Waals surface area contributed by atoms with Crippen molar-refractivity contribution in [2.75, 3.05) is 9.80 Å². The molecule has 0 radical (unpaired) electrons. The summed E-state index contributed by atoms with van der Waals surface area (Å²) < 4.78 is 6.63. The Morgan fingerprint density at radius 1 is 0.464 bits per heavy atom. The van der Waals surface area contributed by atoms with Crippen molar-refractivity contribution in [2.45, 2.75) is 19.3 Å². The predicted octanol–water partition coefficient (Wildman–Crippen LogP) is 15.0. The Labute approximate surface area is 327 Å². The molecule has 0 unspecified atom stereocenters. The zero-order valence-corrected chi connectivity index (χ0v) is 31.3. The quantitative estimate of drug-likeness (QED) is 0.165. The lowest BCUT2D eigenvalue weighted by atomic mass is 9.70. The Bertz CT molecular complexity index is 2970. The number of hydrogen-bond acceptors (Lipinski definition) is 3. The van der Waals surface area contributed by atoms with E-state index in [-0.39, 0.29) is 5.41 Å². The topological polar surface area (TPSA) is 15.7 Å². The van der Waals surface area contributed by atoms with E-state index in [1.807, 2.05) is 6.07 Å². The van der Waals surface area contributed by atoms with Crippen LogP contribution in [0.15, 0.2) is 194 Å². The third kappa shape index (κ3) is 4.91. The molecule has 2 heterocycles. The lowest BCUT2D eigenvalue weighted by molar-refractivity contribution is 0.471. The van der Waals surface area contributed by atoms with Crippen molar-refractivity contribution in [3.05, 3.63) is 205 Å². The lowest BCUT2D eigenvalue weighted by Crippen LogP contribution is -2.33. The van der Waals surface area contributed by atoms with E-state index in [2.05, 4.69) is 212 Å². The molecule has 0 fully saturated rings. The molecule has 0 saturated heterocycles. The van der Waals surface area contributed by atoms with Gasteiger partial charge in [-0.15, -0.1) is 0 Å². The predicted molar refractivity (Wildman–Crippen MR) is 234 cm³/mol. The minimum atomic E-state index is -0.279.